The lowest BCUT2D eigenvalue weighted by molar-refractivity contribution is 0.191. The minimum Gasteiger partial charge on any atom is -0.392 e. The van der Waals surface area contributed by atoms with Gasteiger partial charge in [0, 0.05) is 19.3 Å². The van der Waals surface area contributed by atoms with Gasteiger partial charge in [0.2, 0.25) is 0 Å². The number of nitrogens with zero attached hydrogens (tertiary/aromatic N) is 2. The molecule has 0 amide bonds. The standard InChI is InChI=1S/C12H17N3O/c1-9-3-4-15-11(7-13-6-10(2)16)8-14-12(15)5-9/h3-5,8,10,13,16H,6-7H2,1-2H3. The molecule has 0 spiro atoms. The minimum atomic E-state index is -0.318. The Kier molecular flexibility index (Phi) is 3.22. The molecule has 0 aliphatic carbocycles. The molecule has 2 N–H and O–H groups in total. The summed E-state index contributed by atoms with van der Waals surface area (Å²) >= 11 is 0. The third kappa shape index (κ3) is 2.40. The van der Waals surface area contributed by atoms with Crippen LogP contribution in [0.25, 0.3) is 5.65 Å². The molecule has 2 heterocycles. The number of aliphatic hydroxyl groups excluding tert-OH is 1. The van der Waals surface area contributed by atoms with Crippen molar-refractivity contribution in [2.75, 3.05) is 6.54 Å². The van der Waals surface area contributed by atoms with Gasteiger partial charge >= 0.3 is 0 Å². The maximum absolute atomic E-state index is 9.15. The van der Waals surface area contributed by atoms with Gasteiger partial charge in [0.1, 0.15) is 5.65 Å². The lowest BCUT2D eigenvalue weighted by Crippen LogP contribution is -2.24. The monoisotopic (exact) mass is 219 g/mol. The smallest absolute Gasteiger partial charge is 0.137 e. The maximum atomic E-state index is 9.15. The second-order valence-electron chi connectivity index (χ2n) is 4.16. The molecule has 0 radical (unpaired) electrons. The normalized spacial score (nSPS) is 13.2. The molecule has 16 heavy (non-hydrogen) atoms. The highest BCUT2D eigenvalue weighted by molar-refractivity contribution is 5.42. The van der Waals surface area contributed by atoms with Gasteiger partial charge in [0.15, 0.2) is 0 Å². The quantitative estimate of drug-likeness (QED) is 0.810. The first-order valence-corrected chi connectivity index (χ1v) is 5.48. The van der Waals surface area contributed by atoms with Crippen LogP contribution in [0.15, 0.2) is 24.5 Å². The van der Waals surface area contributed by atoms with Gasteiger partial charge in [-0.15, -0.1) is 0 Å². The summed E-state index contributed by atoms with van der Waals surface area (Å²) < 4.78 is 2.06. The molecule has 2 aromatic rings. The van der Waals surface area contributed by atoms with Gasteiger partial charge in [-0.3, -0.25) is 0 Å². The summed E-state index contributed by atoms with van der Waals surface area (Å²) in [5.74, 6) is 0. The van der Waals surface area contributed by atoms with Gasteiger partial charge in [-0.05, 0) is 31.5 Å². The van der Waals surface area contributed by atoms with Crippen LogP contribution in [0, 0.1) is 6.92 Å². The van der Waals surface area contributed by atoms with Crippen molar-refractivity contribution in [3.63, 3.8) is 0 Å². The van der Waals surface area contributed by atoms with Crippen LogP contribution in [0.4, 0.5) is 0 Å². The highest BCUT2D eigenvalue weighted by atomic mass is 16.3. The Bertz CT molecular complexity index is 476. The topological polar surface area (TPSA) is 49.6 Å². The van der Waals surface area contributed by atoms with Crippen LogP contribution in [0.5, 0.6) is 0 Å². The van der Waals surface area contributed by atoms with E-state index < -0.39 is 0 Å². The van der Waals surface area contributed by atoms with Gasteiger partial charge in [-0.2, -0.15) is 0 Å². The molecular formula is C12H17N3O. The number of pyridine rings is 1. The molecule has 0 saturated heterocycles. The van der Waals surface area contributed by atoms with Crippen LogP contribution in [-0.2, 0) is 6.54 Å². The van der Waals surface area contributed by atoms with Crippen LogP contribution in [0.2, 0.25) is 0 Å². The predicted molar refractivity (Wildman–Crippen MR) is 63.3 cm³/mol. The lowest BCUT2D eigenvalue weighted by Gasteiger charge is -2.06. The molecule has 0 aliphatic rings. The highest BCUT2D eigenvalue weighted by Crippen LogP contribution is 2.08. The SMILES string of the molecule is Cc1ccn2c(CNCC(C)O)cnc2c1. The second-order valence-corrected chi connectivity index (χ2v) is 4.16. The number of aliphatic hydroxyl groups is 1. The van der Waals surface area contributed by atoms with Crippen LogP contribution >= 0.6 is 0 Å². The first-order chi connectivity index (χ1) is 7.66. The molecule has 2 aromatic heterocycles. The summed E-state index contributed by atoms with van der Waals surface area (Å²) in [5.41, 5.74) is 3.28. The summed E-state index contributed by atoms with van der Waals surface area (Å²) in [6.45, 7) is 5.14. The van der Waals surface area contributed by atoms with E-state index in [1.807, 2.05) is 12.4 Å². The molecular weight excluding hydrogens is 202 g/mol. The van der Waals surface area contributed by atoms with Gasteiger partial charge in [-0.25, -0.2) is 4.98 Å². The van der Waals surface area contributed by atoms with Gasteiger partial charge in [-0.1, -0.05) is 0 Å². The minimum absolute atomic E-state index is 0.318. The Morgan fingerprint density at radius 2 is 2.38 bits per heavy atom. The molecule has 0 bridgehead atoms. The van der Waals surface area contributed by atoms with Crippen molar-refractivity contribution in [1.82, 2.24) is 14.7 Å². The number of nitrogens with one attached hydrogen (secondary N) is 1. The van der Waals surface area contributed by atoms with Crippen molar-refractivity contribution >= 4 is 5.65 Å². The van der Waals surface area contributed by atoms with Crippen molar-refractivity contribution in [2.24, 2.45) is 0 Å². The number of aryl methyl sites for hydroxylation is 1. The third-order valence-corrected chi connectivity index (χ3v) is 2.49. The zero-order valence-electron chi connectivity index (χ0n) is 9.64. The Balaban J connectivity index is 2.13. The van der Waals surface area contributed by atoms with Crippen molar-refractivity contribution < 1.29 is 5.11 Å². The summed E-state index contributed by atoms with van der Waals surface area (Å²) in [6.07, 6.45) is 3.57. The van der Waals surface area contributed by atoms with Crippen molar-refractivity contribution in [2.45, 2.75) is 26.5 Å². The zero-order chi connectivity index (χ0) is 11.5. The van der Waals surface area contributed by atoms with Gasteiger partial charge in [0.25, 0.3) is 0 Å². The van der Waals surface area contributed by atoms with Gasteiger partial charge in [0.05, 0.1) is 18.0 Å². The average molecular weight is 219 g/mol. The molecule has 0 saturated carbocycles. The van der Waals surface area contributed by atoms with E-state index in [0.29, 0.717) is 6.54 Å². The Labute approximate surface area is 94.9 Å². The molecule has 0 fully saturated rings. The van der Waals surface area contributed by atoms with Gasteiger partial charge < -0.3 is 14.8 Å². The number of hydrogen-bond acceptors (Lipinski definition) is 3. The molecule has 0 aliphatic heterocycles. The highest BCUT2D eigenvalue weighted by Gasteiger charge is 2.03. The number of hydrogen-bond donors (Lipinski definition) is 2. The van der Waals surface area contributed by atoms with E-state index in [0.717, 1.165) is 17.9 Å². The zero-order valence-corrected chi connectivity index (χ0v) is 9.64. The molecule has 4 heteroatoms. The van der Waals surface area contributed by atoms with Crippen LogP contribution in [-0.4, -0.2) is 27.1 Å². The summed E-state index contributed by atoms with van der Waals surface area (Å²) in [6, 6.07) is 4.12. The molecule has 86 valence electrons. The van der Waals surface area contributed by atoms with E-state index in [9.17, 15) is 0 Å². The second kappa shape index (κ2) is 4.63. The van der Waals surface area contributed by atoms with E-state index in [1.54, 1.807) is 6.92 Å². The summed E-state index contributed by atoms with van der Waals surface area (Å²) in [5, 5.41) is 12.3. The number of imidazole rings is 1. The van der Waals surface area contributed by atoms with E-state index in [4.69, 9.17) is 5.11 Å². The summed E-state index contributed by atoms with van der Waals surface area (Å²) in [4.78, 5) is 4.34. The fraction of sp³-hybridized carbons (Fsp3) is 0.417. The van der Waals surface area contributed by atoms with E-state index >= 15 is 0 Å². The van der Waals surface area contributed by atoms with E-state index in [2.05, 4.69) is 33.8 Å². The van der Waals surface area contributed by atoms with Crippen molar-refractivity contribution in [1.29, 1.82) is 0 Å². The Morgan fingerprint density at radius 3 is 3.12 bits per heavy atom. The largest absolute Gasteiger partial charge is 0.392 e. The Morgan fingerprint density at radius 1 is 1.56 bits per heavy atom. The molecule has 4 nitrogen and oxygen atoms in total. The lowest BCUT2D eigenvalue weighted by atomic mass is 10.3. The Hall–Kier alpha value is -1.39. The number of fused-ring (bicyclic) bond motifs is 1. The maximum Gasteiger partial charge on any atom is 0.137 e. The fourth-order valence-electron chi connectivity index (χ4n) is 1.67. The van der Waals surface area contributed by atoms with Crippen LogP contribution in [0.3, 0.4) is 0 Å². The summed E-state index contributed by atoms with van der Waals surface area (Å²) in [7, 11) is 0. The molecule has 0 aromatic carbocycles. The number of rotatable bonds is 4. The third-order valence-electron chi connectivity index (χ3n) is 2.49. The molecule has 1 atom stereocenters. The first kappa shape index (κ1) is 11.1. The fourth-order valence-corrected chi connectivity index (χ4v) is 1.67. The van der Waals surface area contributed by atoms with Crippen molar-refractivity contribution in [3.05, 3.63) is 35.8 Å². The van der Waals surface area contributed by atoms with Crippen molar-refractivity contribution in [3.8, 4) is 0 Å². The van der Waals surface area contributed by atoms with E-state index in [1.165, 1.54) is 5.56 Å². The van der Waals surface area contributed by atoms with E-state index in [-0.39, 0.29) is 6.10 Å². The predicted octanol–water partition coefficient (Wildman–Crippen LogP) is 1.11. The van der Waals surface area contributed by atoms with Crippen LogP contribution < -0.4 is 5.32 Å². The number of aromatic nitrogens is 2. The van der Waals surface area contributed by atoms with Crippen LogP contribution in [0.1, 0.15) is 18.2 Å². The molecule has 2 rings (SSSR count). The average Bonchev–Trinajstić information content (AvgIpc) is 2.60. The molecule has 1 unspecified atom stereocenters. The first-order valence-electron chi connectivity index (χ1n) is 5.48.